The molecule has 2 heteroatoms. The molecular weight excluding hydrogens is 186 g/mol. The van der Waals surface area contributed by atoms with Crippen LogP contribution in [0.15, 0.2) is 12.1 Å². The van der Waals surface area contributed by atoms with Crippen LogP contribution in [0.1, 0.15) is 34.3 Å². The van der Waals surface area contributed by atoms with Crippen molar-refractivity contribution >= 4 is 12.0 Å². The van der Waals surface area contributed by atoms with Gasteiger partial charge in [0.1, 0.15) is 6.29 Å². The number of aryl methyl sites for hydroxylation is 2. The molecule has 1 aromatic rings. The zero-order valence-electron chi connectivity index (χ0n) is 9.42. The Morgan fingerprint density at radius 3 is 2.40 bits per heavy atom. The van der Waals surface area contributed by atoms with Gasteiger partial charge in [0, 0.05) is 24.3 Å². The summed E-state index contributed by atoms with van der Waals surface area (Å²) >= 11 is 0. The van der Waals surface area contributed by atoms with Crippen molar-refractivity contribution in [1.82, 2.24) is 0 Å². The van der Waals surface area contributed by atoms with Crippen molar-refractivity contribution in [2.24, 2.45) is 0 Å². The van der Waals surface area contributed by atoms with E-state index in [1.54, 1.807) is 0 Å². The molecule has 2 rings (SSSR count). The number of aldehydes is 1. The van der Waals surface area contributed by atoms with E-state index in [1.807, 2.05) is 13.0 Å². The molecule has 0 atom stereocenters. The Morgan fingerprint density at radius 1 is 1.13 bits per heavy atom. The van der Waals surface area contributed by atoms with E-state index in [0.717, 1.165) is 30.5 Å². The van der Waals surface area contributed by atoms with Crippen molar-refractivity contribution < 1.29 is 4.79 Å². The van der Waals surface area contributed by atoms with E-state index in [4.69, 9.17) is 0 Å². The Kier molecular flexibility index (Phi) is 2.76. The third-order valence-electron chi connectivity index (χ3n) is 3.16. The van der Waals surface area contributed by atoms with E-state index in [2.05, 4.69) is 17.9 Å². The maximum atomic E-state index is 10.8. The maximum absolute atomic E-state index is 10.8. The lowest BCUT2D eigenvalue weighted by molar-refractivity contribution is 0.112. The Hall–Kier alpha value is -1.31. The molecule has 0 amide bonds. The molecule has 0 saturated carbocycles. The van der Waals surface area contributed by atoms with Crippen molar-refractivity contribution in [2.45, 2.75) is 26.7 Å². The van der Waals surface area contributed by atoms with Crippen molar-refractivity contribution in [1.29, 1.82) is 0 Å². The number of carbonyl (C=O) groups excluding carboxylic acids is 1. The van der Waals surface area contributed by atoms with Crippen molar-refractivity contribution in [3.8, 4) is 0 Å². The third kappa shape index (κ3) is 1.89. The molecule has 1 aromatic carbocycles. The van der Waals surface area contributed by atoms with Crippen molar-refractivity contribution in [3.63, 3.8) is 0 Å². The molecule has 15 heavy (non-hydrogen) atoms. The number of rotatable bonds is 2. The molecule has 0 N–H and O–H groups in total. The van der Waals surface area contributed by atoms with Gasteiger partial charge < -0.3 is 4.90 Å². The molecular formula is C13H17NO. The van der Waals surface area contributed by atoms with Crippen LogP contribution in [0.3, 0.4) is 0 Å². The van der Waals surface area contributed by atoms with E-state index in [1.165, 1.54) is 24.1 Å². The second-order valence-corrected chi connectivity index (χ2v) is 4.31. The lowest BCUT2D eigenvalue weighted by Gasteiger charge is -2.21. The number of hydrogen-bond acceptors (Lipinski definition) is 2. The second kappa shape index (κ2) is 4.05. The third-order valence-corrected chi connectivity index (χ3v) is 3.16. The Morgan fingerprint density at radius 2 is 1.80 bits per heavy atom. The molecule has 1 aliphatic heterocycles. The maximum Gasteiger partial charge on any atom is 0.150 e. The summed E-state index contributed by atoms with van der Waals surface area (Å²) in [6.07, 6.45) is 3.51. The lowest BCUT2D eigenvalue weighted by atomic mass is 10.0. The van der Waals surface area contributed by atoms with Gasteiger partial charge in [0.2, 0.25) is 0 Å². The van der Waals surface area contributed by atoms with Gasteiger partial charge in [-0.05, 0) is 49.9 Å². The van der Waals surface area contributed by atoms with Gasteiger partial charge >= 0.3 is 0 Å². The highest BCUT2D eigenvalue weighted by Gasteiger charge is 2.15. The number of benzene rings is 1. The minimum absolute atomic E-state index is 0.815. The Labute approximate surface area is 90.9 Å². The number of anilines is 1. The fraction of sp³-hybridized carbons (Fsp3) is 0.462. The zero-order valence-corrected chi connectivity index (χ0v) is 9.42. The van der Waals surface area contributed by atoms with Crippen molar-refractivity contribution in [3.05, 3.63) is 28.8 Å². The average Bonchev–Trinajstić information content (AvgIpc) is 2.74. The van der Waals surface area contributed by atoms with Gasteiger partial charge in [0.15, 0.2) is 0 Å². The van der Waals surface area contributed by atoms with Crippen LogP contribution >= 0.6 is 0 Å². The predicted molar refractivity (Wildman–Crippen MR) is 62.8 cm³/mol. The largest absolute Gasteiger partial charge is 0.371 e. The van der Waals surface area contributed by atoms with E-state index < -0.39 is 0 Å². The molecule has 2 nitrogen and oxygen atoms in total. The first-order chi connectivity index (χ1) is 7.22. The lowest BCUT2D eigenvalue weighted by Crippen LogP contribution is -2.19. The quantitative estimate of drug-likeness (QED) is 0.689. The summed E-state index contributed by atoms with van der Waals surface area (Å²) in [5, 5.41) is 0. The first-order valence-corrected chi connectivity index (χ1v) is 5.54. The van der Waals surface area contributed by atoms with E-state index in [-0.39, 0.29) is 0 Å². The summed E-state index contributed by atoms with van der Waals surface area (Å²) in [5.41, 5.74) is 4.41. The van der Waals surface area contributed by atoms with Crippen LogP contribution in [-0.2, 0) is 0 Å². The van der Waals surface area contributed by atoms with Crippen LogP contribution < -0.4 is 4.90 Å². The summed E-state index contributed by atoms with van der Waals surface area (Å²) in [7, 11) is 0. The van der Waals surface area contributed by atoms with E-state index in [0.29, 0.717) is 0 Å². The molecule has 0 bridgehead atoms. The smallest absolute Gasteiger partial charge is 0.150 e. The Balaban J connectivity index is 2.39. The molecule has 0 aliphatic carbocycles. The Bertz CT molecular complexity index is 378. The number of nitrogens with zero attached hydrogens (tertiary/aromatic N) is 1. The molecule has 1 aliphatic rings. The average molecular weight is 203 g/mol. The minimum Gasteiger partial charge on any atom is -0.371 e. The van der Waals surface area contributed by atoms with Crippen LogP contribution in [0.2, 0.25) is 0 Å². The molecule has 1 heterocycles. The molecule has 0 radical (unpaired) electrons. The molecule has 0 spiro atoms. The summed E-state index contributed by atoms with van der Waals surface area (Å²) < 4.78 is 0. The van der Waals surface area contributed by atoms with Gasteiger partial charge in [-0.2, -0.15) is 0 Å². The molecule has 80 valence electrons. The summed E-state index contributed by atoms with van der Waals surface area (Å²) in [4.78, 5) is 13.2. The predicted octanol–water partition coefficient (Wildman–Crippen LogP) is 2.72. The highest BCUT2D eigenvalue weighted by Crippen LogP contribution is 2.26. The monoisotopic (exact) mass is 203 g/mol. The van der Waals surface area contributed by atoms with Gasteiger partial charge in [0.05, 0.1) is 0 Å². The fourth-order valence-corrected chi connectivity index (χ4v) is 2.25. The van der Waals surface area contributed by atoms with Crippen LogP contribution in [0.5, 0.6) is 0 Å². The second-order valence-electron chi connectivity index (χ2n) is 4.31. The van der Waals surface area contributed by atoms with E-state index in [9.17, 15) is 4.79 Å². The van der Waals surface area contributed by atoms with Crippen LogP contribution in [0, 0.1) is 13.8 Å². The fourth-order valence-electron chi connectivity index (χ4n) is 2.25. The van der Waals surface area contributed by atoms with Gasteiger partial charge in [-0.1, -0.05) is 0 Å². The van der Waals surface area contributed by atoms with Gasteiger partial charge in [-0.25, -0.2) is 0 Å². The molecule has 1 saturated heterocycles. The topological polar surface area (TPSA) is 20.3 Å². The summed E-state index contributed by atoms with van der Waals surface area (Å²) in [6.45, 7) is 6.39. The minimum atomic E-state index is 0.815. The SMILES string of the molecule is Cc1cc(N2CCCC2)c(C)cc1C=O. The number of carbonyl (C=O) groups is 1. The van der Waals surface area contributed by atoms with Gasteiger partial charge in [0.25, 0.3) is 0 Å². The summed E-state index contributed by atoms with van der Waals surface area (Å²) in [5.74, 6) is 0. The molecule has 0 aromatic heterocycles. The molecule has 0 unspecified atom stereocenters. The van der Waals surface area contributed by atoms with E-state index >= 15 is 0 Å². The number of hydrogen-bond donors (Lipinski definition) is 0. The standard InChI is InChI=1S/C13H17NO/c1-10-8-13(14-5-3-4-6-14)11(2)7-12(10)9-15/h7-9H,3-6H2,1-2H3. The molecule has 1 fully saturated rings. The van der Waals surface area contributed by atoms with Crippen molar-refractivity contribution in [2.75, 3.05) is 18.0 Å². The van der Waals surface area contributed by atoms with Crippen LogP contribution in [0.25, 0.3) is 0 Å². The first kappa shape index (κ1) is 10.2. The van der Waals surface area contributed by atoms with Crippen LogP contribution in [0.4, 0.5) is 5.69 Å². The summed E-state index contributed by atoms with van der Waals surface area (Å²) in [6, 6.07) is 4.14. The zero-order chi connectivity index (χ0) is 10.8. The first-order valence-electron chi connectivity index (χ1n) is 5.54. The highest BCUT2D eigenvalue weighted by molar-refractivity contribution is 5.79. The van der Waals surface area contributed by atoms with Gasteiger partial charge in [-0.3, -0.25) is 4.79 Å². The highest BCUT2D eigenvalue weighted by atomic mass is 16.1. The van der Waals surface area contributed by atoms with Crippen LogP contribution in [-0.4, -0.2) is 19.4 Å². The van der Waals surface area contributed by atoms with Gasteiger partial charge in [-0.15, -0.1) is 0 Å². The normalized spacial score (nSPS) is 15.7.